The largest absolute Gasteiger partial charge is 0.325 e. The molecule has 2 N–H and O–H groups in total. The van der Waals surface area contributed by atoms with Gasteiger partial charge in [-0.1, -0.05) is 18.2 Å². The SMILES string of the molecule is Cc1ccccc1NC(=O)CN1C[C@H]2CNC[C@H]2C1. The molecule has 0 saturated carbocycles. The predicted molar refractivity (Wildman–Crippen MR) is 76.1 cm³/mol. The number of anilines is 1. The molecule has 4 heteroatoms. The molecule has 0 unspecified atom stereocenters. The zero-order valence-corrected chi connectivity index (χ0v) is 11.4. The fraction of sp³-hybridized carbons (Fsp3) is 0.533. The number of benzene rings is 1. The maximum absolute atomic E-state index is 12.1. The van der Waals surface area contributed by atoms with Gasteiger partial charge < -0.3 is 10.6 Å². The molecule has 2 fully saturated rings. The average Bonchev–Trinajstić information content (AvgIpc) is 2.92. The van der Waals surface area contributed by atoms with Gasteiger partial charge in [0.25, 0.3) is 0 Å². The van der Waals surface area contributed by atoms with E-state index in [0.717, 1.165) is 49.3 Å². The van der Waals surface area contributed by atoms with Crippen molar-refractivity contribution in [1.29, 1.82) is 0 Å². The van der Waals surface area contributed by atoms with Crippen LogP contribution in [0.4, 0.5) is 5.69 Å². The van der Waals surface area contributed by atoms with Gasteiger partial charge >= 0.3 is 0 Å². The second-order valence-electron chi connectivity index (χ2n) is 5.74. The van der Waals surface area contributed by atoms with E-state index in [2.05, 4.69) is 15.5 Å². The first-order valence-corrected chi connectivity index (χ1v) is 7.01. The van der Waals surface area contributed by atoms with Crippen LogP contribution >= 0.6 is 0 Å². The van der Waals surface area contributed by atoms with Crippen LogP contribution in [0.15, 0.2) is 24.3 Å². The van der Waals surface area contributed by atoms with Gasteiger partial charge in [-0.15, -0.1) is 0 Å². The minimum absolute atomic E-state index is 0.0993. The molecule has 19 heavy (non-hydrogen) atoms. The lowest BCUT2D eigenvalue weighted by Crippen LogP contribution is -2.33. The number of aryl methyl sites for hydroxylation is 1. The Bertz CT molecular complexity index is 462. The number of carbonyl (C=O) groups excluding carboxylic acids is 1. The maximum Gasteiger partial charge on any atom is 0.238 e. The highest BCUT2D eigenvalue weighted by Crippen LogP contribution is 2.25. The van der Waals surface area contributed by atoms with E-state index in [0.29, 0.717) is 6.54 Å². The third kappa shape index (κ3) is 2.80. The fourth-order valence-electron chi connectivity index (χ4n) is 3.19. The molecule has 0 aromatic heterocycles. The van der Waals surface area contributed by atoms with Crippen LogP contribution < -0.4 is 10.6 Å². The van der Waals surface area contributed by atoms with Crippen molar-refractivity contribution in [2.24, 2.45) is 11.8 Å². The lowest BCUT2D eigenvalue weighted by Gasteiger charge is -2.17. The summed E-state index contributed by atoms with van der Waals surface area (Å²) in [5, 5.41) is 6.42. The molecule has 4 nitrogen and oxygen atoms in total. The zero-order chi connectivity index (χ0) is 13.2. The Morgan fingerprint density at radius 2 is 2.00 bits per heavy atom. The van der Waals surface area contributed by atoms with Gasteiger partial charge in [-0.05, 0) is 43.5 Å². The number of carbonyl (C=O) groups is 1. The summed E-state index contributed by atoms with van der Waals surface area (Å²) in [6, 6.07) is 7.91. The van der Waals surface area contributed by atoms with E-state index in [1.165, 1.54) is 0 Å². The molecule has 0 spiro atoms. The highest BCUT2D eigenvalue weighted by atomic mass is 16.2. The second-order valence-corrected chi connectivity index (χ2v) is 5.74. The summed E-state index contributed by atoms with van der Waals surface area (Å²) in [5.41, 5.74) is 2.03. The van der Waals surface area contributed by atoms with Gasteiger partial charge in [-0.2, -0.15) is 0 Å². The van der Waals surface area contributed by atoms with E-state index in [-0.39, 0.29) is 5.91 Å². The van der Waals surface area contributed by atoms with E-state index in [9.17, 15) is 4.79 Å². The molecular weight excluding hydrogens is 238 g/mol. The number of likely N-dealkylation sites (tertiary alicyclic amines) is 1. The Morgan fingerprint density at radius 3 is 2.68 bits per heavy atom. The third-order valence-corrected chi connectivity index (χ3v) is 4.25. The standard InChI is InChI=1S/C15H21N3O/c1-11-4-2-3-5-14(11)17-15(19)10-18-8-12-6-16-7-13(12)9-18/h2-5,12-13,16H,6-10H2,1H3,(H,17,19)/t12-,13+. The lowest BCUT2D eigenvalue weighted by molar-refractivity contribution is -0.117. The number of nitrogens with one attached hydrogen (secondary N) is 2. The molecule has 0 radical (unpaired) electrons. The zero-order valence-electron chi connectivity index (χ0n) is 11.4. The van der Waals surface area contributed by atoms with Crippen molar-refractivity contribution >= 4 is 11.6 Å². The van der Waals surface area contributed by atoms with Gasteiger partial charge in [0.05, 0.1) is 6.54 Å². The molecule has 2 heterocycles. The Balaban J connectivity index is 1.53. The molecule has 2 saturated heterocycles. The Morgan fingerprint density at radius 1 is 1.32 bits per heavy atom. The fourth-order valence-corrected chi connectivity index (χ4v) is 3.19. The topological polar surface area (TPSA) is 44.4 Å². The van der Waals surface area contributed by atoms with Crippen molar-refractivity contribution in [1.82, 2.24) is 10.2 Å². The molecule has 0 bridgehead atoms. The molecule has 2 aliphatic heterocycles. The van der Waals surface area contributed by atoms with E-state index in [4.69, 9.17) is 0 Å². The summed E-state index contributed by atoms with van der Waals surface area (Å²) in [4.78, 5) is 14.4. The number of amides is 1. The smallest absolute Gasteiger partial charge is 0.238 e. The molecule has 102 valence electrons. The van der Waals surface area contributed by atoms with Crippen molar-refractivity contribution in [3.05, 3.63) is 29.8 Å². The molecule has 2 aliphatic rings. The van der Waals surface area contributed by atoms with Crippen LogP contribution in [0, 0.1) is 18.8 Å². The molecule has 1 amide bonds. The Kier molecular flexibility index (Phi) is 3.53. The molecule has 3 rings (SSSR count). The molecule has 0 aliphatic carbocycles. The lowest BCUT2D eigenvalue weighted by atomic mass is 10.0. The molecular formula is C15H21N3O. The molecule has 1 aromatic carbocycles. The number of fused-ring (bicyclic) bond motifs is 1. The number of para-hydroxylation sites is 1. The van der Waals surface area contributed by atoms with Crippen LogP contribution in [-0.2, 0) is 4.79 Å². The van der Waals surface area contributed by atoms with Gasteiger partial charge in [0.1, 0.15) is 0 Å². The monoisotopic (exact) mass is 259 g/mol. The van der Waals surface area contributed by atoms with Crippen LogP contribution in [0.1, 0.15) is 5.56 Å². The summed E-state index contributed by atoms with van der Waals surface area (Å²) in [6.45, 7) is 6.86. The van der Waals surface area contributed by atoms with Gasteiger partial charge in [0.2, 0.25) is 5.91 Å². The summed E-state index contributed by atoms with van der Waals surface area (Å²) < 4.78 is 0. The minimum atomic E-state index is 0.0993. The first-order chi connectivity index (χ1) is 9.22. The van der Waals surface area contributed by atoms with Crippen molar-refractivity contribution in [3.8, 4) is 0 Å². The number of hydrogen-bond donors (Lipinski definition) is 2. The predicted octanol–water partition coefficient (Wildman–Crippen LogP) is 1.08. The van der Waals surface area contributed by atoms with Crippen LogP contribution in [0.5, 0.6) is 0 Å². The average molecular weight is 259 g/mol. The number of hydrogen-bond acceptors (Lipinski definition) is 3. The second kappa shape index (κ2) is 5.31. The van der Waals surface area contributed by atoms with Crippen LogP contribution in [0.2, 0.25) is 0 Å². The molecule has 1 aromatic rings. The summed E-state index contributed by atoms with van der Waals surface area (Å²) in [6.07, 6.45) is 0. The highest BCUT2D eigenvalue weighted by Gasteiger charge is 2.36. The summed E-state index contributed by atoms with van der Waals surface area (Å²) in [5.74, 6) is 1.58. The van der Waals surface area contributed by atoms with E-state index in [1.54, 1.807) is 0 Å². The van der Waals surface area contributed by atoms with E-state index in [1.807, 2.05) is 31.2 Å². The first kappa shape index (κ1) is 12.6. The number of nitrogens with zero attached hydrogens (tertiary/aromatic N) is 1. The van der Waals surface area contributed by atoms with Gasteiger partial charge in [0, 0.05) is 18.8 Å². The van der Waals surface area contributed by atoms with E-state index < -0.39 is 0 Å². The van der Waals surface area contributed by atoms with E-state index >= 15 is 0 Å². The van der Waals surface area contributed by atoms with Crippen LogP contribution in [-0.4, -0.2) is 43.5 Å². The van der Waals surface area contributed by atoms with Gasteiger partial charge in [-0.25, -0.2) is 0 Å². The van der Waals surface area contributed by atoms with Crippen LogP contribution in [0.3, 0.4) is 0 Å². The summed E-state index contributed by atoms with van der Waals surface area (Å²) in [7, 11) is 0. The van der Waals surface area contributed by atoms with Crippen molar-refractivity contribution in [3.63, 3.8) is 0 Å². The Labute approximate surface area is 114 Å². The normalized spacial score (nSPS) is 26.4. The van der Waals surface area contributed by atoms with Crippen molar-refractivity contribution < 1.29 is 4.79 Å². The van der Waals surface area contributed by atoms with Gasteiger partial charge in [0.15, 0.2) is 0 Å². The highest BCUT2D eigenvalue weighted by molar-refractivity contribution is 5.92. The summed E-state index contributed by atoms with van der Waals surface area (Å²) >= 11 is 0. The number of rotatable bonds is 3. The van der Waals surface area contributed by atoms with Crippen molar-refractivity contribution in [2.45, 2.75) is 6.92 Å². The third-order valence-electron chi connectivity index (χ3n) is 4.25. The molecule has 2 atom stereocenters. The van der Waals surface area contributed by atoms with Gasteiger partial charge in [-0.3, -0.25) is 9.69 Å². The van der Waals surface area contributed by atoms with Crippen molar-refractivity contribution in [2.75, 3.05) is 38.0 Å². The Hall–Kier alpha value is -1.39. The quantitative estimate of drug-likeness (QED) is 0.854. The van der Waals surface area contributed by atoms with Crippen LogP contribution in [0.25, 0.3) is 0 Å². The minimum Gasteiger partial charge on any atom is -0.325 e. The maximum atomic E-state index is 12.1. The first-order valence-electron chi connectivity index (χ1n) is 7.01.